The van der Waals surface area contributed by atoms with E-state index >= 15 is 0 Å². The minimum Gasteiger partial charge on any atom is -0.480 e. The molecule has 0 saturated carbocycles. The van der Waals surface area contributed by atoms with Crippen molar-refractivity contribution >= 4 is 33.7 Å². The average molecular weight is 401 g/mol. The van der Waals surface area contributed by atoms with Crippen LogP contribution in [0.25, 0.3) is 0 Å². The van der Waals surface area contributed by atoms with E-state index in [-0.39, 0.29) is 18.4 Å². The van der Waals surface area contributed by atoms with Crippen LogP contribution < -0.4 is 10.6 Å². The molecule has 0 aliphatic rings. The predicted octanol–water partition coefficient (Wildman–Crippen LogP) is 1.74. The molecule has 0 aromatic heterocycles. The van der Waals surface area contributed by atoms with Crippen LogP contribution >= 0.6 is 15.9 Å². The molecule has 0 unspecified atom stereocenters. The maximum Gasteiger partial charge on any atom is 0.326 e. The molecule has 2 atom stereocenters. The van der Waals surface area contributed by atoms with Gasteiger partial charge in [-0.3, -0.25) is 9.59 Å². The predicted molar refractivity (Wildman–Crippen MR) is 90.0 cm³/mol. The van der Waals surface area contributed by atoms with Crippen molar-refractivity contribution in [2.75, 3.05) is 0 Å². The van der Waals surface area contributed by atoms with E-state index in [1.807, 2.05) is 0 Å². The van der Waals surface area contributed by atoms with Crippen molar-refractivity contribution < 1.29 is 23.9 Å². The molecule has 0 heterocycles. The summed E-state index contributed by atoms with van der Waals surface area (Å²) in [5, 5.41) is 13.9. The molecule has 1 aromatic rings. The first-order valence-corrected chi connectivity index (χ1v) is 7.87. The van der Waals surface area contributed by atoms with Crippen LogP contribution in [0.2, 0.25) is 0 Å². The molecule has 1 aromatic carbocycles. The van der Waals surface area contributed by atoms with Gasteiger partial charge in [0.2, 0.25) is 11.8 Å². The maximum absolute atomic E-state index is 13.8. The highest BCUT2D eigenvalue weighted by atomic mass is 79.9. The Balaban J connectivity index is 2.92. The fourth-order valence-electron chi connectivity index (χ4n) is 2.03. The Morgan fingerprint density at radius 3 is 2.38 bits per heavy atom. The van der Waals surface area contributed by atoms with E-state index in [0.717, 1.165) is 0 Å². The smallest absolute Gasteiger partial charge is 0.326 e. The second-order valence-corrected chi connectivity index (χ2v) is 6.29. The van der Waals surface area contributed by atoms with Crippen molar-refractivity contribution in [3.8, 4) is 0 Å². The van der Waals surface area contributed by atoms with Crippen molar-refractivity contribution in [3.05, 3.63) is 46.7 Å². The second kappa shape index (κ2) is 9.17. The van der Waals surface area contributed by atoms with Crippen molar-refractivity contribution in [2.45, 2.75) is 31.8 Å². The minimum absolute atomic E-state index is 0.0203. The van der Waals surface area contributed by atoms with E-state index in [0.29, 0.717) is 4.48 Å². The number of aliphatic carboxylic acids is 1. The van der Waals surface area contributed by atoms with Crippen molar-refractivity contribution in [1.29, 1.82) is 0 Å². The van der Waals surface area contributed by atoms with Crippen molar-refractivity contribution in [3.63, 3.8) is 0 Å². The largest absolute Gasteiger partial charge is 0.480 e. The highest BCUT2D eigenvalue weighted by Crippen LogP contribution is 2.12. The molecule has 0 aliphatic carbocycles. The monoisotopic (exact) mass is 400 g/mol. The van der Waals surface area contributed by atoms with Crippen LogP contribution in [-0.2, 0) is 20.8 Å². The number of carboxylic acid groups (broad SMARTS) is 1. The summed E-state index contributed by atoms with van der Waals surface area (Å²) in [6, 6.07) is 3.55. The summed E-state index contributed by atoms with van der Waals surface area (Å²) in [4.78, 5) is 34.8. The Morgan fingerprint density at radius 1 is 1.25 bits per heavy atom. The molecule has 1 rings (SSSR count). The van der Waals surface area contributed by atoms with Gasteiger partial charge in [0.15, 0.2) is 0 Å². The first kappa shape index (κ1) is 19.8. The van der Waals surface area contributed by atoms with Gasteiger partial charge in [-0.15, -0.1) is 0 Å². The zero-order valence-electron chi connectivity index (χ0n) is 13.0. The Bertz CT molecular complexity index is 651. The molecule has 24 heavy (non-hydrogen) atoms. The van der Waals surface area contributed by atoms with E-state index in [1.54, 1.807) is 6.07 Å². The highest BCUT2D eigenvalue weighted by molar-refractivity contribution is 9.11. The number of amides is 2. The summed E-state index contributed by atoms with van der Waals surface area (Å²) >= 11 is 3.05. The van der Waals surface area contributed by atoms with Crippen molar-refractivity contribution in [1.82, 2.24) is 10.6 Å². The van der Waals surface area contributed by atoms with Gasteiger partial charge in [-0.1, -0.05) is 40.7 Å². The van der Waals surface area contributed by atoms with E-state index in [1.165, 1.54) is 25.1 Å². The van der Waals surface area contributed by atoms with Gasteiger partial charge in [-0.05, 0) is 16.1 Å². The van der Waals surface area contributed by atoms with Gasteiger partial charge in [0.25, 0.3) is 0 Å². The molecule has 0 spiro atoms. The third-order valence-corrected chi connectivity index (χ3v) is 3.44. The van der Waals surface area contributed by atoms with Crippen LogP contribution in [0, 0.1) is 5.82 Å². The molecular weight excluding hydrogens is 383 g/mol. The number of rotatable bonds is 8. The van der Waals surface area contributed by atoms with E-state index in [9.17, 15) is 18.8 Å². The van der Waals surface area contributed by atoms with Crippen LogP contribution in [0.5, 0.6) is 0 Å². The van der Waals surface area contributed by atoms with Crippen LogP contribution in [0.15, 0.2) is 35.3 Å². The summed E-state index contributed by atoms with van der Waals surface area (Å²) in [5.74, 6) is -2.95. The fourth-order valence-corrected chi connectivity index (χ4v) is 2.36. The highest BCUT2D eigenvalue weighted by Gasteiger charge is 2.27. The minimum atomic E-state index is -1.24. The third kappa shape index (κ3) is 6.49. The lowest BCUT2D eigenvalue weighted by Gasteiger charge is -2.21. The van der Waals surface area contributed by atoms with Crippen LogP contribution in [0.3, 0.4) is 0 Å². The number of nitrogens with one attached hydrogen (secondary N) is 2. The molecule has 0 bridgehead atoms. The lowest BCUT2D eigenvalue weighted by Crippen LogP contribution is -2.52. The first-order chi connectivity index (χ1) is 11.2. The SMILES string of the molecule is C=C(Br)C[C@@H](NC(=O)[C@H](Cc1ccccc1F)NC(C)=O)C(=O)O. The normalized spacial score (nSPS) is 12.8. The summed E-state index contributed by atoms with van der Waals surface area (Å²) < 4.78 is 14.2. The van der Waals surface area contributed by atoms with E-state index < -0.39 is 35.7 Å². The van der Waals surface area contributed by atoms with Gasteiger partial charge < -0.3 is 15.7 Å². The zero-order chi connectivity index (χ0) is 18.3. The lowest BCUT2D eigenvalue weighted by molar-refractivity contribution is -0.142. The Kier molecular flexibility index (Phi) is 7.57. The van der Waals surface area contributed by atoms with Gasteiger partial charge in [-0.25, -0.2) is 9.18 Å². The Labute approximate surface area is 147 Å². The summed E-state index contributed by atoms with van der Waals surface area (Å²) in [6.07, 6.45) is -0.118. The number of hydrogen-bond donors (Lipinski definition) is 3. The van der Waals surface area contributed by atoms with E-state index in [2.05, 4.69) is 33.1 Å². The summed E-state index contributed by atoms with van der Waals surface area (Å²) in [6.45, 7) is 4.76. The third-order valence-electron chi connectivity index (χ3n) is 3.12. The second-order valence-electron chi connectivity index (χ2n) is 5.17. The average Bonchev–Trinajstić information content (AvgIpc) is 2.47. The quantitative estimate of drug-likeness (QED) is 0.619. The van der Waals surface area contributed by atoms with Gasteiger partial charge in [0.1, 0.15) is 17.9 Å². The summed E-state index contributed by atoms with van der Waals surface area (Å²) in [5.41, 5.74) is 0.239. The van der Waals surface area contributed by atoms with Gasteiger partial charge in [0, 0.05) is 19.8 Å². The topological polar surface area (TPSA) is 95.5 Å². The van der Waals surface area contributed by atoms with Gasteiger partial charge in [-0.2, -0.15) is 0 Å². The lowest BCUT2D eigenvalue weighted by atomic mass is 10.0. The van der Waals surface area contributed by atoms with Gasteiger partial charge >= 0.3 is 5.97 Å². The number of hydrogen-bond acceptors (Lipinski definition) is 3. The zero-order valence-corrected chi connectivity index (χ0v) is 14.6. The number of carboxylic acids is 1. The summed E-state index contributed by atoms with van der Waals surface area (Å²) in [7, 11) is 0. The van der Waals surface area contributed by atoms with Crippen LogP contribution in [0.1, 0.15) is 18.9 Å². The van der Waals surface area contributed by atoms with Crippen LogP contribution in [-0.4, -0.2) is 35.0 Å². The molecular formula is C16H18BrFN2O4. The molecule has 0 saturated heterocycles. The molecule has 8 heteroatoms. The molecule has 6 nitrogen and oxygen atoms in total. The molecule has 0 fully saturated rings. The molecule has 0 aliphatic heterocycles. The Morgan fingerprint density at radius 2 is 1.88 bits per heavy atom. The van der Waals surface area contributed by atoms with Crippen molar-refractivity contribution in [2.24, 2.45) is 0 Å². The molecule has 130 valence electrons. The molecule has 2 amide bonds. The molecule has 0 radical (unpaired) electrons. The fraction of sp³-hybridized carbons (Fsp3) is 0.312. The standard InChI is InChI=1S/C16H18BrFN2O4/c1-9(17)7-14(16(23)24)20-15(22)13(19-10(2)21)8-11-5-3-4-6-12(11)18/h3-6,13-14H,1,7-8H2,2H3,(H,19,21)(H,20,22)(H,23,24)/t13-,14+/m0/s1. The van der Waals surface area contributed by atoms with Gasteiger partial charge in [0.05, 0.1) is 0 Å². The Hall–Kier alpha value is -2.22. The van der Waals surface area contributed by atoms with E-state index in [4.69, 9.17) is 5.11 Å². The number of carbonyl (C=O) groups excluding carboxylic acids is 2. The first-order valence-electron chi connectivity index (χ1n) is 7.07. The number of benzene rings is 1. The number of halogens is 2. The number of carbonyl (C=O) groups is 3. The van der Waals surface area contributed by atoms with Crippen LogP contribution in [0.4, 0.5) is 4.39 Å². The molecule has 3 N–H and O–H groups in total. The maximum atomic E-state index is 13.8.